The molecule has 7 nitrogen and oxygen atoms in total. The molecule has 1 aromatic heterocycles. The number of hydrogen-bond donors (Lipinski definition) is 1. The summed E-state index contributed by atoms with van der Waals surface area (Å²) in [4.78, 5) is 34.0. The Balaban J connectivity index is 1.56. The van der Waals surface area contributed by atoms with E-state index >= 15 is 0 Å². The van der Waals surface area contributed by atoms with Gasteiger partial charge < -0.3 is 24.3 Å². The molecule has 0 aliphatic rings. The number of hydrogen-bond acceptors (Lipinski definition) is 4. The first-order valence-corrected chi connectivity index (χ1v) is 13.4. The van der Waals surface area contributed by atoms with E-state index in [1.54, 1.807) is 19.1 Å². The predicted molar refractivity (Wildman–Crippen MR) is 154 cm³/mol. The third-order valence-corrected chi connectivity index (χ3v) is 7.02. The Labute approximate surface area is 230 Å². The molecule has 0 atom stereocenters. The Morgan fingerprint density at radius 2 is 1.59 bits per heavy atom. The van der Waals surface area contributed by atoms with Crippen LogP contribution in [0.5, 0.6) is 5.75 Å². The first-order chi connectivity index (χ1) is 19.0. The van der Waals surface area contributed by atoms with Crippen LogP contribution in [0.2, 0.25) is 0 Å². The number of aryl methyl sites for hydroxylation is 1. The van der Waals surface area contributed by atoms with Gasteiger partial charge in [-0.25, -0.2) is 0 Å². The lowest BCUT2D eigenvalue weighted by Gasteiger charge is -2.28. The standard InChI is InChI=1S/C32H37N3O4/c1-4-24-13-15-25(16-14-24)32(37)35(19-20-38-2)23-31(36)34(22-27-9-5-8-12-30(27)39-3)18-17-26-21-33-29-11-7-6-10-28(26)29/h5-16,21,33H,4,17-20,22-23H2,1-3H3. The number of methoxy groups -OCH3 is 2. The van der Waals surface area contributed by atoms with Gasteiger partial charge in [0.05, 0.1) is 13.7 Å². The fourth-order valence-electron chi connectivity index (χ4n) is 4.71. The van der Waals surface area contributed by atoms with Crippen LogP contribution in [0.4, 0.5) is 0 Å². The van der Waals surface area contributed by atoms with Gasteiger partial charge in [0, 0.05) is 55.0 Å². The molecule has 4 rings (SSSR count). The highest BCUT2D eigenvalue weighted by atomic mass is 16.5. The monoisotopic (exact) mass is 527 g/mol. The first-order valence-electron chi connectivity index (χ1n) is 13.4. The summed E-state index contributed by atoms with van der Waals surface area (Å²) in [6.07, 6.45) is 3.58. The summed E-state index contributed by atoms with van der Waals surface area (Å²) in [5.74, 6) is 0.415. The van der Waals surface area contributed by atoms with Crippen molar-refractivity contribution in [1.29, 1.82) is 0 Å². The second-order valence-electron chi connectivity index (χ2n) is 9.51. The van der Waals surface area contributed by atoms with Crippen molar-refractivity contribution in [2.75, 3.05) is 40.5 Å². The van der Waals surface area contributed by atoms with Crippen molar-refractivity contribution in [1.82, 2.24) is 14.8 Å². The van der Waals surface area contributed by atoms with E-state index < -0.39 is 0 Å². The maximum absolute atomic E-state index is 13.8. The van der Waals surface area contributed by atoms with Gasteiger partial charge in [-0.05, 0) is 48.2 Å². The lowest BCUT2D eigenvalue weighted by molar-refractivity contribution is -0.132. The minimum atomic E-state index is -0.183. The van der Waals surface area contributed by atoms with Crippen molar-refractivity contribution in [2.24, 2.45) is 0 Å². The first kappa shape index (κ1) is 27.9. The van der Waals surface area contributed by atoms with Gasteiger partial charge in [0.1, 0.15) is 12.3 Å². The predicted octanol–water partition coefficient (Wildman–Crippen LogP) is 5.10. The van der Waals surface area contributed by atoms with E-state index in [1.807, 2.05) is 77.8 Å². The second kappa shape index (κ2) is 13.6. The van der Waals surface area contributed by atoms with E-state index in [0.29, 0.717) is 38.2 Å². The summed E-state index contributed by atoms with van der Waals surface area (Å²) in [6, 6.07) is 23.4. The van der Waals surface area contributed by atoms with Crippen LogP contribution in [0, 0.1) is 0 Å². The summed E-state index contributed by atoms with van der Waals surface area (Å²) in [5.41, 5.74) is 4.85. The molecular formula is C32H37N3O4. The molecule has 7 heteroatoms. The molecule has 0 bridgehead atoms. The average Bonchev–Trinajstić information content (AvgIpc) is 3.40. The smallest absolute Gasteiger partial charge is 0.254 e. The third kappa shape index (κ3) is 7.06. The van der Waals surface area contributed by atoms with Crippen LogP contribution in [0.1, 0.15) is 34.0 Å². The summed E-state index contributed by atoms with van der Waals surface area (Å²) >= 11 is 0. The summed E-state index contributed by atoms with van der Waals surface area (Å²) in [6.45, 7) is 3.57. The van der Waals surface area contributed by atoms with Gasteiger partial charge in [0.15, 0.2) is 0 Å². The molecule has 39 heavy (non-hydrogen) atoms. The van der Waals surface area contributed by atoms with Gasteiger partial charge in [-0.1, -0.05) is 55.5 Å². The van der Waals surface area contributed by atoms with Crippen LogP contribution >= 0.6 is 0 Å². The number of aromatic amines is 1. The Morgan fingerprint density at radius 1 is 0.846 bits per heavy atom. The van der Waals surface area contributed by atoms with Crippen molar-refractivity contribution in [2.45, 2.75) is 26.3 Å². The highest BCUT2D eigenvalue weighted by Crippen LogP contribution is 2.22. The van der Waals surface area contributed by atoms with Crippen molar-refractivity contribution in [3.05, 3.63) is 101 Å². The van der Waals surface area contributed by atoms with Crippen LogP contribution in [0.15, 0.2) is 79.0 Å². The molecule has 0 fully saturated rings. The molecule has 0 aliphatic carbocycles. The van der Waals surface area contributed by atoms with Gasteiger partial charge in [-0.3, -0.25) is 9.59 Å². The van der Waals surface area contributed by atoms with Crippen molar-refractivity contribution < 1.29 is 19.1 Å². The van der Waals surface area contributed by atoms with Crippen LogP contribution in [0.25, 0.3) is 10.9 Å². The Morgan fingerprint density at radius 3 is 2.33 bits per heavy atom. The largest absolute Gasteiger partial charge is 0.496 e. The molecule has 2 amide bonds. The molecule has 3 aromatic carbocycles. The van der Waals surface area contributed by atoms with Gasteiger partial charge >= 0.3 is 0 Å². The lowest BCUT2D eigenvalue weighted by Crippen LogP contribution is -2.44. The highest BCUT2D eigenvalue weighted by Gasteiger charge is 2.23. The topological polar surface area (TPSA) is 74.9 Å². The minimum Gasteiger partial charge on any atom is -0.496 e. The molecular weight excluding hydrogens is 490 g/mol. The zero-order chi connectivity index (χ0) is 27.6. The number of para-hydroxylation sites is 2. The number of ether oxygens (including phenoxy) is 2. The van der Waals surface area contributed by atoms with E-state index in [-0.39, 0.29) is 18.4 Å². The maximum atomic E-state index is 13.8. The maximum Gasteiger partial charge on any atom is 0.254 e. The molecule has 0 spiro atoms. The van der Waals surface area contributed by atoms with Crippen LogP contribution in [-0.4, -0.2) is 67.1 Å². The Bertz CT molecular complexity index is 1380. The normalized spacial score (nSPS) is 10.9. The lowest BCUT2D eigenvalue weighted by atomic mass is 10.1. The van der Waals surface area contributed by atoms with E-state index in [9.17, 15) is 9.59 Å². The quantitative estimate of drug-likeness (QED) is 0.263. The van der Waals surface area contributed by atoms with Crippen LogP contribution in [0.3, 0.4) is 0 Å². The SMILES string of the molecule is CCc1ccc(C(=O)N(CCOC)CC(=O)N(CCc2c[nH]c3ccccc23)Cc2ccccc2OC)cc1. The van der Waals surface area contributed by atoms with Gasteiger partial charge in [-0.2, -0.15) is 0 Å². The zero-order valence-electron chi connectivity index (χ0n) is 23.0. The summed E-state index contributed by atoms with van der Waals surface area (Å²) in [7, 11) is 3.22. The van der Waals surface area contributed by atoms with Gasteiger partial charge in [0.2, 0.25) is 5.91 Å². The van der Waals surface area contributed by atoms with Crippen molar-refractivity contribution in [3.8, 4) is 5.75 Å². The fourth-order valence-corrected chi connectivity index (χ4v) is 4.71. The molecule has 0 aliphatic heterocycles. The number of amides is 2. The number of benzene rings is 3. The molecule has 0 radical (unpaired) electrons. The molecule has 4 aromatic rings. The van der Waals surface area contributed by atoms with E-state index in [2.05, 4.69) is 18.0 Å². The molecule has 204 valence electrons. The van der Waals surface area contributed by atoms with Crippen molar-refractivity contribution in [3.63, 3.8) is 0 Å². The second-order valence-corrected chi connectivity index (χ2v) is 9.51. The van der Waals surface area contributed by atoms with Gasteiger partial charge in [0.25, 0.3) is 5.91 Å². The number of fused-ring (bicyclic) bond motifs is 1. The number of aromatic nitrogens is 1. The molecule has 0 saturated carbocycles. The fraction of sp³-hybridized carbons (Fsp3) is 0.312. The molecule has 1 N–H and O–H groups in total. The van der Waals surface area contributed by atoms with Crippen LogP contribution < -0.4 is 4.74 Å². The molecule has 0 unspecified atom stereocenters. The average molecular weight is 528 g/mol. The zero-order valence-corrected chi connectivity index (χ0v) is 23.0. The third-order valence-electron chi connectivity index (χ3n) is 7.02. The van der Waals surface area contributed by atoms with Crippen LogP contribution in [-0.2, 0) is 28.9 Å². The molecule has 1 heterocycles. The van der Waals surface area contributed by atoms with E-state index in [4.69, 9.17) is 9.47 Å². The van der Waals surface area contributed by atoms with Crippen molar-refractivity contribution >= 4 is 22.7 Å². The summed E-state index contributed by atoms with van der Waals surface area (Å²) in [5, 5.41) is 1.15. The number of carbonyl (C=O) groups excluding carboxylic acids is 2. The number of carbonyl (C=O) groups is 2. The highest BCUT2D eigenvalue weighted by molar-refractivity contribution is 5.96. The Hall–Kier alpha value is -4.10. The minimum absolute atomic E-state index is 0.0409. The Kier molecular flexibility index (Phi) is 9.75. The van der Waals surface area contributed by atoms with E-state index in [0.717, 1.165) is 39.8 Å². The number of H-pyrrole nitrogens is 1. The number of nitrogens with zero attached hydrogens (tertiary/aromatic N) is 2. The summed E-state index contributed by atoms with van der Waals surface area (Å²) < 4.78 is 10.8. The molecule has 0 saturated heterocycles. The van der Waals surface area contributed by atoms with Gasteiger partial charge in [-0.15, -0.1) is 0 Å². The number of rotatable bonds is 13. The van der Waals surface area contributed by atoms with E-state index in [1.165, 1.54) is 0 Å². The number of nitrogens with one attached hydrogen (secondary N) is 1.